The van der Waals surface area contributed by atoms with Crippen molar-refractivity contribution >= 4 is 11.4 Å². The molecule has 0 saturated heterocycles. The van der Waals surface area contributed by atoms with Crippen LogP contribution in [0.15, 0.2) is 67.3 Å². The van der Waals surface area contributed by atoms with E-state index in [1.54, 1.807) is 7.11 Å². The molecule has 23 heavy (non-hydrogen) atoms. The van der Waals surface area contributed by atoms with Crippen molar-refractivity contribution in [3.63, 3.8) is 0 Å². The number of hydrogen-bond acceptors (Lipinski definition) is 2. The second-order valence-corrected chi connectivity index (χ2v) is 5.69. The molecule has 0 spiro atoms. The van der Waals surface area contributed by atoms with Crippen LogP contribution in [0.5, 0.6) is 0 Å². The Morgan fingerprint density at radius 2 is 1.83 bits per heavy atom. The zero-order valence-corrected chi connectivity index (χ0v) is 13.3. The Bertz CT molecular complexity index is 771. The molecule has 0 aliphatic heterocycles. The van der Waals surface area contributed by atoms with Crippen LogP contribution in [-0.2, 0) is 17.6 Å². The Kier molecular flexibility index (Phi) is 4.54. The van der Waals surface area contributed by atoms with Crippen molar-refractivity contribution in [2.45, 2.75) is 18.9 Å². The minimum atomic E-state index is -0.102. The molecular weight excluding hydrogens is 284 g/mol. The van der Waals surface area contributed by atoms with Gasteiger partial charge < -0.3 is 4.74 Å². The Hall–Kier alpha value is -2.45. The molecule has 1 unspecified atom stereocenters. The van der Waals surface area contributed by atoms with E-state index in [1.165, 1.54) is 0 Å². The van der Waals surface area contributed by atoms with E-state index in [-0.39, 0.29) is 11.9 Å². The van der Waals surface area contributed by atoms with Gasteiger partial charge in [-0.15, -0.1) is 6.58 Å². The molecule has 0 heterocycles. The van der Waals surface area contributed by atoms with Gasteiger partial charge in [-0.05, 0) is 29.2 Å². The number of benzene rings is 2. The number of ketones is 1. The zero-order valence-electron chi connectivity index (χ0n) is 13.3. The van der Waals surface area contributed by atoms with Gasteiger partial charge in [0.1, 0.15) is 0 Å². The predicted octanol–water partition coefficient (Wildman–Crippen LogP) is 4.25. The number of rotatable bonds is 4. The van der Waals surface area contributed by atoms with Crippen LogP contribution in [0, 0.1) is 0 Å². The summed E-state index contributed by atoms with van der Waals surface area (Å²) in [6.07, 6.45) is 5.17. The SMILES string of the molecule is C=CCc1ccccc1C1=CC(OC)Cc2ccccc2C1=O. The summed E-state index contributed by atoms with van der Waals surface area (Å²) < 4.78 is 5.58. The summed E-state index contributed by atoms with van der Waals surface area (Å²) in [6, 6.07) is 15.8. The highest BCUT2D eigenvalue weighted by atomic mass is 16.5. The molecule has 0 amide bonds. The number of Topliss-reactive ketones (excluding diaryl/α,β-unsaturated/α-hetero) is 1. The van der Waals surface area contributed by atoms with E-state index >= 15 is 0 Å². The molecule has 1 atom stereocenters. The third-order valence-corrected chi connectivity index (χ3v) is 4.25. The summed E-state index contributed by atoms with van der Waals surface area (Å²) >= 11 is 0. The Morgan fingerprint density at radius 3 is 2.57 bits per heavy atom. The molecule has 0 N–H and O–H groups in total. The van der Waals surface area contributed by atoms with Gasteiger partial charge >= 0.3 is 0 Å². The second-order valence-electron chi connectivity index (χ2n) is 5.69. The van der Waals surface area contributed by atoms with Gasteiger partial charge in [0.2, 0.25) is 0 Å². The van der Waals surface area contributed by atoms with E-state index in [4.69, 9.17) is 4.74 Å². The van der Waals surface area contributed by atoms with E-state index in [0.29, 0.717) is 6.42 Å². The molecular formula is C21H20O2. The fourth-order valence-electron chi connectivity index (χ4n) is 3.08. The fourth-order valence-corrected chi connectivity index (χ4v) is 3.08. The number of allylic oxidation sites excluding steroid dienone is 2. The summed E-state index contributed by atoms with van der Waals surface area (Å²) in [7, 11) is 1.69. The average molecular weight is 304 g/mol. The monoisotopic (exact) mass is 304 g/mol. The number of ether oxygens (including phenoxy) is 1. The van der Waals surface area contributed by atoms with Gasteiger partial charge in [0.05, 0.1) is 6.10 Å². The van der Waals surface area contributed by atoms with Crippen molar-refractivity contribution < 1.29 is 9.53 Å². The number of fused-ring (bicyclic) bond motifs is 1. The Labute approximate surface area is 137 Å². The molecule has 3 rings (SSSR count). The Balaban J connectivity index is 2.16. The first kappa shape index (κ1) is 15.4. The van der Waals surface area contributed by atoms with E-state index < -0.39 is 0 Å². The topological polar surface area (TPSA) is 26.3 Å². The van der Waals surface area contributed by atoms with Crippen molar-refractivity contribution in [1.82, 2.24) is 0 Å². The highest BCUT2D eigenvalue weighted by Crippen LogP contribution is 2.30. The van der Waals surface area contributed by atoms with Crippen molar-refractivity contribution in [3.05, 3.63) is 89.5 Å². The lowest BCUT2D eigenvalue weighted by Gasteiger charge is -2.12. The maximum absolute atomic E-state index is 13.1. The van der Waals surface area contributed by atoms with Gasteiger partial charge in [-0.2, -0.15) is 0 Å². The first-order valence-corrected chi connectivity index (χ1v) is 7.81. The molecule has 0 aromatic heterocycles. The molecule has 2 aromatic rings. The quantitative estimate of drug-likeness (QED) is 0.789. The largest absolute Gasteiger partial charge is 0.377 e. The normalized spacial score (nSPS) is 17.2. The van der Waals surface area contributed by atoms with Crippen molar-refractivity contribution in [1.29, 1.82) is 0 Å². The van der Waals surface area contributed by atoms with Crippen molar-refractivity contribution in [2.24, 2.45) is 0 Å². The summed E-state index contributed by atoms with van der Waals surface area (Å²) in [4.78, 5) is 13.1. The summed E-state index contributed by atoms with van der Waals surface area (Å²) in [6.45, 7) is 3.82. The molecule has 116 valence electrons. The number of methoxy groups -OCH3 is 1. The second kappa shape index (κ2) is 6.76. The maximum Gasteiger partial charge on any atom is 0.193 e. The van der Waals surface area contributed by atoms with Gasteiger partial charge in [-0.1, -0.05) is 54.6 Å². The summed E-state index contributed by atoms with van der Waals surface area (Å²) in [5.74, 6) is 0.0664. The molecule has 0 saturated carbocycles. The van der Waals surface area contributed by atoms with Gasteiger partial charge in [0.15, 0.2) is 5.78 Å². The lowest BCUT2D eigenvalue weighted by Crippen LogP contribution is -2.10. The van der Waals surface area contributed by atoms with Gasteiger partial charge in [0.25, 0.3) is 0 Å². The average Bonchev–Trinajstić information content (AvgIpc) is 2.73. The van der Waals surface area contributed by atoms with Crippen LogP contribution >= 0.6 is 0 Å². The highest BCUT2D eigenvalue weighted by Gasteiger charge is 2.25. The smallest absolute Gasteiger partial charge is 0.193 e. The lowest BCUT2D eigenvalue weighted by atomic mass is 9.91. The van der Waals surface area contributed by atoms with E-state index in [1.807, 2.05) is 60.7 Å². The molecule has 0 bridgehead atoms. The lowest BCUT2D eigenvalue weighted by molar-refractivity contribution is 0.105. The predicted molar refractivity (Wildman–Crippen MR) is 93.6 cm³/mol. The van der Waals surface area contributed by atoms with Gasteiger partial charge in [-0.25, -0.2) is 0 Å². The van der Waals surface area contributed by atoms with Crippen LogP contribution in [0.25, 0.3) is 5.57 Å². The van der Waals surface area contributed by atoms with Gasteiger partial charge in [-0.3, -0.25) is 4.79 Å². The first-order chi connectivity index (χ1) is 11.2. The summed E-state index contributed by atoms with van der Waals surface area (Å²) in [5, 5.41) is 0. The van der Waals surface area contributed by atoms with Crippen LogP contribution in [0.3, 0.4) is 0 Å². The molecule has 2 aromatic carbocycles. The van der Waals surface area contributed by atoms with Crippen LogP contribution < -0.4 is 0 Å². The molecule has 0 radical (unpaired) electrons. The minimum absolute atomic E-state index is 0.0664. The maximum atomic E-state index is 13.1. The van der Waals surface area contributed by atoms with E-state index in [9.17, 15) is 4.79 Å². The van der Waals surface area contributed by atoms with E-state index in [2.05, 4.69) is 6.58 Å². The standard InChI is InChI=1S/C21H20O2/c1-3-8-15-9-4-6-11-18(15)20-14-17(23-2)13-16-10-5-7-12-19(16)21(20)22/h3-7,9-12,14,17H,1,8,13H2,2H3. The molecule has 1 aliphatic rings. The number of hydrogen-bond donors (Lipinski definition) is 0. The summed E-state index contributed by atoms with van der Waals surface area (Å²) in [5.41, 5.74) is 4.61. The highest BCUT2D eigenvalue weighted by molar-refractivity contribution is 6.30. The van der Waals surface area contributed by atoms with Crippen molar-refractivity contribution in [3.8, 4) is 0 Å². The molecule has 2 nitrogen and oxygen atoms in total. The van der Waals surface area contributed by atoms with Gasteiger partial charge in [0, 0.05) is 24.7 Å². The molecule has 1 aliphatic carbocycles. The fraction of sp³-hybridized carbons (Fsp3) is 0.190. The number of carbonyl (C=O) groups is 1. The Morgan fingerprint density at radius 1 is 1.13 bits per heavy atom. The van der Waals surface area contributed by atoms with Crippen LogP contribution in [0.2, 0.25) is 0 Å². The first-order valence-electron chi connectivity index (χ1n) is 7.81. The number of carbonyl (C=O) groups excluding carboxylic acids is 1. The molecule has 0 fully saturated rings. The van der Waals surface area contributed by atoms with Crippen LogP contribution in [0.4, 0.5) is 0 Å². The van der Waals surface area contributed by atoms with E-state index in [0.717, 1.165) is 34.2 Å². The third-order valence-electron chi connectivity index (χ3n) is 4.25. The van der Waals surface area contributed by atoms with Crippen LogP contribution in [0.1, 0.15) is 27.0 Å². The van der Waals surface area contributed by atoms with Crippen LogP contribution in [-0.4, -0.2) is 19.0 Å². The minimum Gasteiger partial charge on any atom is -0.377 e. The van der Waals surface area contributed by atoms with Crippen molar-refractivity contribution in [2.75, 3.05) is 7.11 Å². The molecule has 2 heteroatoms. The third kappa shape index (κ3) is 3.03. The zero-order chi connectivity index (χ0) is 16.2.